The van der Waals surface area contributed by atoms with E-state index < -0.39 is 0 Å². The number of nitrogens with one attached hydrogen (secondary N) is 1. The number of aromatic nitrogens is 1. The zero-order valence-electron chi connectivity index (χ0n) is 17.4. The van der Waals surface area contributed by atoms with Gasteiger partial charge in [-0.25, -0.2) is 0 Å². The number of rotatable bonds is 2. The number of hydrogen-bond donors (Lipinski definition) is 1. The summed E-state index contributed by atoms with van der Waals surface area (Å²) in [6.07, 6.45) is 0. The van der Waals surface area contributed by atoms with Gasteiger partial charge in [-0.2, -0.15) is 0 Å². The molecule has 0 saturated carbocycles. The Morgan fingerprint density at radius 2 is 1.32 bits per heavy atom. The molecular weight excluding hydrogens is 302 g/mol. The number of fused-ring (bicyclic) bond motifs is 3. The Balaban J connectivity index is 1.92. The molecule has 0 aliphatic carbocycles. The van der Waals surface area contributed by atoms with Crippen molar-refractivity contribution >= 4 is 21.8 Å². The summed E-state index contributed by atoms with van der Waals surface area (Å²) in [7, 11) is 0. The normalized spacial score (nSPS) is 13.4. The summed E-state index contributed by atoms with van der Waals surface area (Å²) in [6.45, 7) is 0. The fourth-order valence-corrected chi connectivity index (χ4v) is 3.47. The average molecular weight is 323 g/mol. The molecule has 0 aliphatic rings. The first kappa shape index (κ1) is 10.5. The highest BCUT2D eigenvalue weighted by atomic mass is 14.7. The molecule has 0 atom stereocenters. The van der Waals surface area contributed by atoms with E-state index in [1.807, 2.05) is 48.5 Å². The van der Waals surface area contributed by atoms with Crippen molar-refractivity contribution < 1.29 is 5.48 Å². The fraction of sp³-hybridized carbons (Fsp3) is 0. The van der Waals surface area contributed by atoms with Gasteiger partial charge in [0.25, 0.3) is 0 Å². The Hall–Kier alpha value is -3.32. The second-order valence-corrected chi connectivity index (χ2v) is 6.01. The highest BCUT2D eigenvalue weighted by Crippen LogP contribution is 2.38. The van der Waals surface area contributed by atoms with Crippen LogP contribution in [0.25, 0.3) is 44.1 Å². The van der Waals surface area contributed by atoms with Crippen molar-refractivity contribution in [3.8, 4) is 22.3 Å². The molecule has 4 aromatic carbocycles. The molecule has 0 amide bonds. The Morgan fingerprint density at radius 3 is 2.20 bits per heavy atom. The molecule has 0 unspecified atom stereocenters. The maximum Gasteiger partial charge on any atom is 0.0645 e. The van der Waals surface area contributed by atoms with Crippen LogP contribution in [-0.2, 0) is 0 Å². The topological polar surface area (TPSA) is 15.8 Å². The molecule has 118 valence electrons. The molecule has 0 aliphatic heterocycles. The van der Waals surface area contributed by atoms with Crippen molar-refractivity contribution in [1.82, 2.24) is 4.98 Å². The van der Waals surface area contributed by atoms with Gasteiger partial charge in [0, 0.05) is 21.8 Å². The molecule has 5 rings (SSSR count). The molecule has 0 spiro atoms. The number of hydrogen-bond acceptors (Lipinski definition) is 0. The number of benzene rings is 4. The van der Waals surface area contributed by atoms with Gasteiger partial charge in [0.1, 0.15) is 0 Å². The Bertz CT molecular complexity index is 1390. The minimum Gasteiger partial charge on any atom is -0.354 e. The standard InChI is InChI=1S/C24H17N/c1-2-9-17(10-3-1)18-11-4-5-12-19(18)20-14-8-16-23-24(20)21-13-6-7-15-22(21)25-23/h1-16,25H/i6D,7D,13D,15D. The van der Waals surface area contributed by atoms with Crippen LogP contribution in [0.3, 0.4) is 0 Å². The summed E-state index contributed by atoms with van der Waals surface area (Å²) in [6, 6.07) is 23.7. The molecule has 0 radical (unpaired) electrons. The van der Waals surface area contributed by atoms with Crippen molar-refractivity contribution in [1.29, 1.82) is 0 Å². The summed E-state index contributed by atoms with van der Waals surface area (Å²) in [5.41, 5.74) is 5.39. The lowest BCUT2D eigenvalue weighted by Crippen LogP contribution is -1.85. The van der Waals surface area contributed by atoms with E-state index in [2.05, 4.69) is 29.2 Å². The molecule has 0 saturated heterocycles. The van der Waals surface area contributed by atoms with E-state index >= 15 is 0 Å². The van der Waals surface area contributed by atoms with Gasteiger partial charge in [0.15, 0.2) is 0 Å². The van der Waals surface area contributed by atoms with Crippen molar-refractivity contribution in [2.45, 2.75) is 0 Å². The van der Waals surface area contributed by atoms with Gasteiger partial charge in [0.2, 0.25) is 0 Å². The summed E-state index contributed by atoms with van der Waals surface area (Å²) < 4.78 is 32.9. The van der Waals surface area contributed by atoms with Crippen LogP contribution in [0, 0.1) is 0 Å². The monoisotopic (exact) mass is 323 g/mol. The lowest BCUT2D eigenvalue weighted by atomic mass is 9.92. The van der Waals surface area contributed by atoms with Crippen LogP contribution < -0.4 is 0 Å². The molecule has 1 heteroatoms. The third-order valence-corrected chi connectivity index (χ3v) is 4.56. The van der Waals surface area contributed by atoms with E-state index in [0.29, 0.717) is 10.9 Å². The molecular formula is C24H17N. The van der Waals surface area contributed by atoms with Gasteiger partial charge < -0.3 is 4.98 Å². The number of aromatic amines is 1. The first-order valence-electron chi connectivity index (χ1n) is 10.2. The van der Waals surface area contributed by atoms with Crippen molar-refractivity contribution in [3.63, 3.8) is 0 Å². The van der Waals surface area contributed by atoms with Crippen LogP contribution in [0.2, 0.25) is 0 Å². The highest BCUT2D eigenvalue weighted by Gasteiger charge is 2.13. The van der Waals surface area contributed by atoms with Gasteiger partial charge in [-0.1, -0.05) is 84.9 Å². The summed E-state index contributed by atoms with van der Waals surface area (Å²) in [5.74, 6) is 0. The van der Waals surface area contributed by atoms with Gasteiger partial charge in [0.05, 0.1) is 5.48 Å². The zero-order chi connectivity index (χ0) is 20.1. The van der Waals surface area contributed by atoms with Crippen LogP contribution >= 0.6 is 0 Å². The zero-order valence-corrected chi connectivity index (χ0v) is 13.4. The summed E-state index contributed by atoms with van der Waals surface area (Å²) in [5, 5.41) is 1.35. The molecule has 1 heterocycles. The second kappa shape index (κ2) is 5.64. The Kier molecular flexibility index (Phi) is 2.38. The third-order valence-electron chi connectivity index (χ3n) is 4.56. The van der Waals surface area contributed by atoms with Gasteiger partial charge in [-0.3, -0.25) is 0 Å². The molecule has 1 aromatic heterocycles. The van der Waals surface area contributed by atoms with E-state index in [1.165, 1.54) is 0 Å². The third kappa shape index (κ3) is 2.25. The van der Waals surface area contributed by atoms with E-state index in [9.17, 15) is 0 Å². The van der Waals surface area contributed by atoms with Gasteiger partial charge >= 0.3 is 0 Å². The lowest BCUT2D eigenvalue weighted by Gasteiger charge is -2.11. The first-order chi connectivity index (χ1) is 14.1. The number of H-pyrrole nitrogens is 1. The second-order valence-electron chi connectivity index (χ2n) is 6.01. The predicted octanol–water partition coefficient (Wildman–Crippen LogP) is 6.66. The highest BCUT2D eigenvalue weighted by molar-refractivity contribution is 6.15. The summed E-state index contributed by atoms with van der Waals surface area (Å²) >= 11 is 0. The van der Waals surface area contributed by atoms with Crippen LogP contribution in [0.15, 0.2) is 97.0 Å². The molecule has 1 N–H and O–H groups in total. The SMILES string of the molecule is [2H]c1c([2H])c([2H])c2c([nH]c3cccc(-c4ccccc4-c4ccccc4)c32)c1[2H]. The minimum absolute atomic E-state index is 0.0168. The summed E-state index contributed by atoms with van der Waals surface area (Å²) in [4.78, 5) is 3.21. The van der Waals surface area contributed by atoms with Crippen LogP contribution in [0.4, 0.5) is 0 Å². The average Bonchev–Trinajstić information content (AvgIpc) is 3.17. The van der Waals surface area contributed by atoms with E-state index in [4.69, 9.17) is 5.48 Å². The lowest BCUT2D eigenvalue weighted by molar-refractivity contribution is 1.54. The van der Waals surface area contributed by atoms with Gasteiger partial charge in [-0.05, 0) is 34.4 Å². The smallest absolute Gasteiger partial charge is 0.0645 e. The van der Waals surface area contributed by atoms with E-state index in [-0.39, 0.29) is 24.2 Å². The molecule has 0 fully saturated rings. The quantitative estimate of drug-likeness (QED) is 0.374. The predicted molar refractivity (Wildman–Crippen MR) is 107 cm³/mol. The molecule has 5 aromatic rings. The van der Waals surface area contributed by atoms with Crippen LogP contribution in [0.1, 0.15) is 5.48 Å². The van der Waals surface area contributed by atoms with Crippen molar-refractivity contribution in [2.24, 2.45) is 0 Å². The Labute approximate surface area is 152 Å². The maximum atomic E-state index is 8.49. The fourth-order valence-electron chi connectivity index (χ4n) is 3.47. The van der Waals surface area contributed by atoms with Crippen molar-refractivity contribution in [3.05, 3.63) is 97.0 Å². The number of para-hydroxylation sites is 1. The molecule has 1 nitrogen and oxygen atoms in total. The maximum absolute atomic E-state index is 8.49. The van der Waals surface area contributed by atoms with E-state index in [1.54, 1.807) is 0 Å². The van der Waals surface area contributed by atoms with Crippen molar-refractivity contribution in [2.75, 3.05) is 0 Å². The molecule has 25 heavy (non-hydrogen) atoms. The van der Waals surface area contributed by atoms with Crippen LogP contribution in [-0.4, -0.2) is 4.98 Å². The van der Waals surface area contributed by atoms with Gasteiger partial charge in [-0.15, -0.1) is 0 Å². The largest absolute Gasteiger partial charge is 0.354 e. The van der Waals surface area contributed by atoms with Crippen LogP contribution in [0.5, 0.6) is 0 Å². The molecule has 0 bridgehead atoms. The van der Waals surface area contributed by atoms with E-state index in [0.717, 1.165) is 33.2 Å². The first-order valence-corrected chi connectivity index (χ1v) is 8.23. The Morgan fingerprint density at radius 1 is 0.600 bits per heavy atom. The minimum atomic E-state index is -0.222.